The predicted octanol–water partition coefficient (Wildman–Crippen LogP) is 5.54. The number of hydrogen-bond acceptors (Lipinski definition) is 3. The molecule has 5 heteroatoms. The fourth-order valence-electron chi connectivity index (χ4n) is 3.03. The number of hydrogen-bond donors (Lipinski definition) is 1. The number of amides is 1. The van der Waals surface area contributed by atoms with Crippen LogP contribution in [-0.2, 0) is 17.8 Å². The number of hydrazone groups is 1. The summed E-state index contributed by atoms with van der Waals surface area (Å²) in [4.78, 5) is 12.2. The molecule has 0 aliphatic carbocycles. The van der Waals surface area contributed by atoms with Crippen LogP contribution in [0.5, 0.6) is 5.75 Å². The molecular weight excluding hydrogens is 396 g/mol. The van der Waals surface area contributed by atoms with Gasteiger partial charge in [0.15, 0.2) is 0 Å². The van der Waals surface area contributed by atoms with Crippen LogP contribution in [0.3, 0.4) is 0 Å². The van der Waals surface area contributed by atoms with Crippen LogP contribution >= 0.6 is 11.6 Å². The van der Waals surface area contributed by atoms with Gasteiger partial charge in [-0.25, -0.2) is 5.43 Å². The Morgan fingerprint density at radius 1 is 1.00 bits per heavy atom. The SMILES string of the molecule is Cc1ccc(COc2ccc(Cl)cc2/C=N/NC(=O)Cc2ccc(C)cc2C)cc1. The van der Waals surface area contributed by atoms with E-state index in [0.717, 1.165) is 16.7 Å². The molecule has 4 nitrogen and oxygen atoms in total. The smallest absolute Gasteiger partial charge is 0.244 e. The van der Waals surface area contributed by atoms with Gasteiger partial charge in [-0.3, -0.25) is 4.79 Å². The molecule has 3 aromatic carbocycles. The topological polar surface area (TPSA) is 50.7 Å². The van der Waals surface area contributed by atoms with Gasteiger partial charge in [0.05, 0.1) is 12.6 Å². The highest BCUT2D eigenvalue weighted by Gasteiger charge is 2.07. The lowest BCUT2D eigenvalue weighted by Gasteiger charge is -2.10. The first-order valence-corrected chi connectivity index (χ1v) is 10.1. The summed E-state index contributed by atoms with van der Waals surface area (Å²) in [6, 6.07) is 19.5. The molecule has 0 aromatic heterocycles. The van der Waals surface area contributed by atoms with E-state index in [-0.39, 0.29) is 12.3 Å². The van der Waals surface area contributed by atoms with Crippen molar-refractivity contribution in [2.24, 2.45) is 5.10 Å². The van der Waals surface area contributed by atoms with Crippen LogP contribution in [0.1, 0.15) is 33.4 Å². The van der Waals surface area contributed by atoms with Gasteiger partial charge in [-0.05, 0) is 55.7 Å². The van der Waals surface area contributed by atoms with Crippen molar-refractivity contribution in [3.8, 4) is 5.75 Å². The summed E-state index contributed by atoms with van der Waals surface area (Å²) in [5.74, 6) is 0.467. The highest BCUT2D eigenvalue weighted by molar-refractivity contribution is 6.30. The minimum Gasteiger partial charge on any atom is -0.488 e. The highest BCUT2D eigenvalue weighted by atomic mass is 35.5. The van der Waals surface area contributed by atoms with E-state index in [2.05, 4.69) is 16.6 Å². The lowest BCUT2D eigenvalue weighted by Crippen LogP contribution is -2.20. The summed E-state index contributed by atoms with van der Waals surface area (Å²) in [5, 5.41) is 4.66. The second-order valence-electron chi connectivity index (χ2n) is 7.36. The molecule has 0 heterocycles. The molecule has 0 unspecified atom stereocenters. The second-order valence-corrected chi connectivity index (χ2v) is 7.79. The summed E-state index contributed by atoms with van der Waals surface area (Å²) in [5.41, 5.74) is 8.80. The molecule has 0 saturated carbocycles. The van der Waals surface area contributed by atoms with Crippen LogP contribution in [0, 0.1) is 20.8 Å². The fraction of sp³-hybridized carbons (Fsp3) is 0.200. The van der Waals surface area contributed by atoms with Crippen molar-refractivity contribution >= 4 is 23.7 Å². The summed E-state index contributed by atoms with van der Waals surface area (Å²) in [6.07, 6.45) is 1.83. The lowest BCUT2D eigenvalue weighted by atomic mass is 10.0. The molecule has 0 radical (unpaired) electrons. The van der Waals surface area contributed by atoms with Gasteiger partial charge in [0.25, 0.3) is 0 Å². The van der Waals surface area contributed by atoms with Crippen molar-refractivity contribution in [3.63, 3.8) is 0 Å². The number of benzene rings is 3. The monoisotopic (exact) mass is 420 g/mol. The van der Waals surface area contributed by atoms with E-state index in [1.807, 2.05) is 57.2 Å². The van der Waals surface area contributed by atoms with Crippen molar-refractivity contribution in [1.82, 2.24) is 5.43 Å². The molecule has 154 valence electrons. The normalized spacial score (nSPS) is 10.9. The molecule has 1 amide bonds. The number of rotatable bonds is 7. The van der Waals surface area contributed by atoms with Gasteiger partial charge in [0.2, 0.25) is 5.91 Å². The number of ether oxygens (including phenoxy) is 1. The summed E-state index contributed by atoms with van der Waals surface area (Å²) >= 11 is 6.13. The van der Waals surface area contributed by atoms with Crippen molar-refractivity contribution in [2.75, 3.05) is 0 Å². The third-order valence-electron chi connectivity index (χ3n) is 4.73. The molecule has 3 aromatic rings. The Morgan fingerprint density at radius 2 is 1.73 bits per heavy atom. The maximum atomic E-state index is 12.2. The largest absolute Gasteiger partial charge is 0.488 e. The highest BCUT2D eigenvalue weighted by Crippen LogP contribution is 2.22. The Balaban J connectivity index is 1.63. The number of nitrogens with one attached hydrogen (secondary N) is 1. The number of carbonyl (C=O) groups excluding carboxylic acids is 1. The number of aryl methyl sites for hydroxylation is 3. The molecule has 0 bridgehead atoms. The minimum atomic E-state index is -0.178. The Hall–Kier alpha value is -3.11. The molecule has 0 saturated heterocycles. The van der Waals surface area contributed by atoms with Gasteiger partial charge in [0, 0.05) is 10.6 Å². The third kappa shape index (κ3) is 6.19. The first kappa shape index (κ1) is 21.6. The maximum Gasteiger partial charge on any atom is 0.244 e. The van der Waals surface area contributed by atoms with E-state index in [0.29, 0.717) is 22.9 Å². The lowest BCUT2D eigenvalue weighted by molar-refractivity contribution is -0.120. The van der Waals surface area contributed by atoms with Crippen LogP contribution in [0.25, 0.3) is 0 Å². The van der Waals surface area contributed by atoms with Crippen LogP contribution in [0.15, 0.2) is 65.8 Å². The van der Waals surface area contributed by atoms with Crippen molar-refractivity contribution in [1.29, 1.82) is 0 Å². The van der Waals surface area contributed by atoms with E-state index in [9.17, 15) is 4.79 Å². The van der Waals surface area contributed by atoms with Gasteiger partial charge >= 0.3 is 0 Å². The van der Waals surface area contributed by atoms with Gasteiger partial charge < -0.3 is 4.74 Å². The number of nitrogens with zero attached hydrogens (tertiary/aromatic N) is 1. The molecule has 0 atom stereocenters. The first-order valence-electron chi connectivity index (χ1n) is 9.76. The van der Waals surface area contributed by atoms with Crippen LogP contribution in [0.2, 0.25) is 5.02 Å². The van der Waals surface area contributed by atoms with E-state index in [1.165, 1.54) is 11.1 Å². The molecule has 1 N–H and O–H groups in total. The van der Waals surface area contributed by atoms with Gasteiger partial charge in [0.1, 0.15) is 12.4 Å². The zero-order chi connectivity index (χ0) is 21.5. The summed E-state index contributed by atoms with van der Waals surface area (Å²) in [6.45, 7) is 6.52. The molecule has 0 spiro atoms. The number of halogens is 1. The molecule has 0 aliphatic heterocycles. The van der Waals surface area contributed by atoms with Crippen molar-refractivity contribution in [2.45, 2.75) is 33.8 Å². The molecule has 30 heavy (non-hydrogen) atoms. The minimum absolute atomic E-state index is 0.178. The Kier molecular flexibility index (Phi) is 7.26. The summed E-state index contributed by atoms with van der Waals surface area (Å²) in [7, 11) is 0. The van der Waals surface area contributed by atoms with Gasteiger partial charge in [-0.15, -0.1) is 0 Å². The second kappa shape index (κ2) is 10.1. The zero-order valence-electron chi connectivity index (χ0n) is 17.4. The molecule has 0 fully saturated rings. The van der Waals surface area contributed by atoms with Crippen LogP contribution in [0.4, 0.5) is 0 Å². The Bertz CT molecular complexity index is 1060. The molecular formula is C25H25ClN2O2. The van der Waals surface area contributed by atoms with E-state index in [4.69, 9.17) is 16.3 Å². The zero-order valence-corrected chi connectivity index (χ0v) is 18.2. The van der Waals surface area contributed by atoms with E-state index < -0.39 is 0 Å². The van der Waals surface area contributed by atoms with E-state index >= 15 is 0 Å². The molecule has 0 aliphatic rings. The Morgan fingerprint density at radius 3 is 2.47 bits per heavy atom. The first-order chi connectivity index (χ1) is 14.4. The average molecular weight is 421 g/mol. The third-order valence-corrected chi connectivity index (χ3v) is 4.96. The molecule has 3 rings (SSSR count). The average Bonchev–Trinajstić information content (AvgIpc) is 2.71. The van der Waals surface area contributed by atoms with Crippen LogP contribution in [-0.4, -0.2) is 12.1 Å². The Labute approximate surface area is 182 Å². The van der Waals surface area contributed by atoms with Crippen molar-refractivity contribution < 1.29 is 9.53 Å². The quantitative estimate of drug-likeness (QED) is 0.403. The number of carbonyl (C=O) groups is 1. The summed E-state index contributed by atoms with van der Waals surface area (Å²) < 4.78 is 5.94. The van der Waals surface area contributed by atoms with Crippen LogP contribution < -0.4 is 10.2 Å². The van der Waals surface area contributed by atoms with E-state index in [1.54, 1.807) is 24.4 Å². The predicted molar refractivity (Wildman–Crippen MR) is 122 cm³/mol. The standard InChI is InChI=1S/C25H25ClN2O2/c1-17-4-7-20(8-5-17)16-30-24-11-10-23(26)13-22(24)15-27-28-25(29)14-21-9-6-18(2)12-19(21)3/h4-13,15H,14,16H2,1-3H3,(H,28,29)/b27-15+. The van der Waals surface area contributed by atoms with Gasteiger partial charge in [-0.1, -0.05) is 65.2 Å². The van der Waals surface area contributed by atoms with Gasteiger partial charge in [-0.2, -0.15) is 5.10 Å². The fourth-order valence-corrected chi connectivity index (χ4v) is 3.21. The maximum absolute atomic E-state index is 12.2. The van der Waals surface area contributed by atoms with Crippen molar-refractivity contribution in [3.05, 3.63) is 99.1 Å².